The van der Waals surface area contributed by atoms with Crippen molar-refractivity contribution in [3.05, 3.63) is 11.4 Å². The quantitative estimate of drug-likeness (QED) is 0.859. The Morgan fingerprint density at radius 3 is 2.45 bits per heavy atom. The number of hydrogen-bond acceptors (Lipinski definition) is 4. The van der Waals surface area contributed by atoms with E-state index in [0.717, 1.165) is 41.4 Å². The van der Waals surface area contributed by atoms with Gasteiger partial charge in [-0.05, 0) is 25.2 Å². The first-order valence-corrected chi connectivity index (χ1v) is 7.83. The maximum atomic E-state index is 4.70. The Morgan fingerprint density at radius 1 is 1.20 bits per heavy atom. The predicted molar refractivity (Wildman–Crippen MR) is 85.4 cm³/mol. The molecule has 1 aliphatic rings. The molecule has 0 amide bonds. The molecule has 20 heavy (non-hydrogen) atoms. The molecule has 2 rings (SSSR count). The van der Waals surface area contributed by atoms with Crippen molar-refractivity contribution in [2.24, 2.45) is 11.8 Å². The van der Waals surface area contributed by atoms with Gasteiger partial charge >= 0.3 is 0 Å². The third-order valence-electron chi connectivity index (χ3n) is 4.49. The largest absolute Gasteiger partial charge is 0.373 e. The van der Waals surface area contributed by atoms with Gasteiger partial charge in [0.15, 0.2) is 0 Å². The van der Waals surface area contributed by atoms with Crippen LogP contribution in [0.2, 0.25) is 0 Å². The summed E-state index contributed by atoms with van der Waals surface area (Å²) in [6.07, 6.45) is 4.08. The molecule has 1 aromatic rings. The molecule has 0 aromatic carbocycles. The molecule has 0 radical (unpaired) electrons. The lowest BCUT2D eigenvalue weighted by atomic mass is 9.98. The van der Waals surface area contributed by atoms with E-state index in [1.165, 1.54) is 19.3 Å². The maximum Gasteiger partial charge on any atom is 0.135 e. The molecule has 4 nitrogen and oxygen atoms in total. The van der Waals surface area contributed by atoms with Crippen LogP contribution in [0.5, 0.6) is 0 Å². The Bertz CT molecular complexity index is 456. The molecule has 1 fully saturated rings. The first-order valence-electron chi connectivity index (χ1n) is 7.83. The highest BCUT2D eigenvalue weighted by Crippen LogP contribution is 2.31. The Kier molecular flexibility index (Phi) is 4.84. The average Bonchev–Trinajstić information content (AvgIpc) is 2.83. The first-order chi connectivity index (χ1) is 9.52. The van der Waals surface area contributed by atoms with E-state index in [1.807, 2.05) is 7.05 Å². The molecule has 0 aliphatic heterocycles. The monoisotopic (exact) mass is 276 g/mol. The summed E-state index contributed by atoms with van der Waals surface area (Å²) < 4.78 is 0. The highest BCUT2D eigenvalue weighted by atomic mass is 15.1. The highest BCUT2D eigenvalue weighted by Gasteiger charge is 2.23. The number of hydrogen-bond donors (Lipinski definition) is 2. The fourth-order valence-corrected chi connectivity index (χ4v) is 2.96. The molecule has 2 N–H and O–H groups in total. The Balaban J connectivity index is 2.15. The third kappa shape index (κ3) is 3.22. The van der Waals surface area contributed by atoms with Gasteiger partial charge in [-0.15, -0.1) is 0 Å². The van der Waals surface area contributed by atoms with Crippen molar-refractivity contribution in [2.75, 3.05) is 24.2 Å². The Labute approximate surface area is 122 Å². The van der Waals surface area contributed by atoms with E-state index in [0.29, 0.717) is 5.92 Å². The molecule has 112 valence electrons. The van der Waals surface area contributed by atoms with Crippen LogP contribution in [0.4, 0.5) is 11.6 Å². The smallest absolute Gasteiger partial charge is 0.135 e. The molecule has 2 unspecified atom stereocenters. The zero-order valence-electron chi connectivity index (χ0n) is 13.5. The van der Waals surface area contributed by atoms with Gasteiger partial charge in [-0.1, -0.05) is 33.6 Å². The van der Waals surface area contributed by atoms with Crippen LogP contribution in [0, 0.1) is 18.8 Å². The maximum absolute atomic E-state index is 4.70. The molecule has 1 aromatic heterocycles. The minimum Gasteiger partial charge on any atom is -0.373 e. The molecular formula is C16H28N4. The molecular weight excluding hydrogens is 248 g/mol. The standard InChI is InChI=1S/C16H28N4/c1-10(2)14-19-15(17-5)12(4)16(20-14)18-9-13-8-6-7-11(13)3/h10-11,13H,6-9H2,1-5H3,(H2,17,18,19,20). The van der Waals surface area contributed by atoms with Crippen molar-refractivity contribution in [3.8, 4) is 0 Å². The first kappa shape index (κ1) is 15.1. The van der Waals surface area contributed by atoms with E-state index in [1.54, 1.807) is 0 Å². The predicted octanol–water partition coefficient (Wildman–Crippen LogP) is 3.80. The fraction of sp³-hybridized carbons (Fsp3) is 0.750. The zero-order valence-corrected chi connectivity index (χ0v) is 13.5. The lowest BCUT2D eigenvalue weighted by Gasteiger charge is -2.19. The van der Waals surface area contributed by atoms with E-state index in [2.05, 4.69) is 43.3 Å². The minimum absolute atomic E-state index is 0.341. The number of nitrogens with one attached hydrogen (secondary N) is 2. The number of rotatable bonds is 5. The van der Waals surface area contributed by atoms with Gasteiger partial charge < -0.3 is 10.6 Å². The van der Waals surface area contributed by atoms with Gasteiger partial charge in [0.2, 0.25) is 0 Å². The van der Waals surface area contributed by atoms with Gasteiger partial charge in [-0.25, -0.2) is 9.97 Å². The Morgan fingerprint density at radius 2 is 1.90 bits per heavy atom. The van der Waals surface area contributed by atoms with Gasteiger partial charge in [-0.3, -0.25) is 0 Å². The summed E-state index contributed by atoms with van der Waals surface area (Å²) in [6.45, 7) is 9.74. The zero-order chi connectivity index (χ0) is 14.7. The molecule has 1 heterocycles. The van der Waals surface area contributed by atoms with Gasteiger partial charge in [-0.2, -0.15) is 0 Å². The van der Waals surface area contributed by atoms with Crippen molar-refractivity contribution < 1.29 is 0 Å². The lowest BCUT2D eigenvalue weighted by Crippen LogP contribution is -2.19. The average molecular weight is 276 g/mol. The molecule has 1 aliphatic carbocycles. The van der Waals surface area contributed by atoms with E-state index >= 15 is 0 Å². The lowest BCUT2D eigenvalue weighted by molar-refractivity contribution is 0.439. The van der Waals surface area contributed by atoms with E-state index < -0.39 is 0 Å². The van der Waals surface area contributed by atoms with Crippen LogP contribution in [0.25, 0.3) is 0 Å². The summed E-state index contributed by atoms with van der Waals surface area (Å²) in [4.78, 5) is 9.29. The van der Waals surface area contributed by atoms with Gasteiger partial charge in [0.1, 0.15) is 17.5 Å². The fourth-order valence-electron chi connectivity index (χ4n) is 2.96. The normalized spacial score (nSPS) is 22.3. The van der Waals surface area contributed by atoms with E-state index in [9.17, 15) is 0 Å². The van der Waals surface area contributed by atoms with Crippen LogP contribution in [-0.4, -0.2) is 23.6 Å². The molecule has 1 saturated carbocycles. The van der Waals surface area contributed by atoms with Gasteiger partial charge in [0.25, 0.3) is 0 Å². The van der Waals surface area contributed by atoms with Crippen LogP contribution in [0.15, 0.2) is 0 Å². The van der Waals surface area contributed by atoms with Crippen LogP contribution in [0.1, 0.15) is 57.3 Å². The SMILES string of the molecule is CNc1nc(C(C)C)nc(NCC2CCCC2C)c1C. The summed E-state index contributed by atoms with van der Waals surface area (Å²) in [5.41, 5.74) is 1.11. The Hall–Kier alpha value is -1.32. The van der Waals surface area contributed by atoms with Gasteiger partial charge in [0.05, 0.1) is 0 Å². The van der Waals surface area contributed by atoms with Crippen LogP contribution < -0.4 is 10.6 Å². The van der Waals surface area contributed by atoms with Crippen LogP contribution in [-0.2, 0) is 0 Å². The molecule has 0 bridgehead atoms. The van der Waals surface area contributed by atoms with Crippen molar-refractivity contribution in [1.29, 1.82) is 0 Å². The molecule has 0 saturated heterocycles. The van der Waals surface area contributed by atoms with Crippen LogP contribution in [0.3, 0.4) is 0 Å². The van der Waals surface area contributed by atoms with E-state index in [-0.39, 0.29) is 0 Å². The van der Waals surface area contributed by atoms with E-state index in [4.69, 9.17) is 4.98 Å². The van der Waals surface area contributed by atoms with Crippen LogP contribution >= 0.6 is 0 Å². The van der Waals surface area contributed by atoms with Crippen molar-refractivity contribution in [1.82, 2.24) is 9.97 Å². The van der Waals surface area contributed by atoms with Gasteiger partial charge in [0, 0.05) is 25.1 Å². The van der Waals surface area contributed by atoms with Crippen molar-refractivity contribution in [3.63, 3.8) is 0 Å². The summed E-state index contributed by atoms with van der Waals surface area (Å²) >= 11 is 0. The summed E-state index contributed by atoms with van der Waals surface area (Å²) in [6, 6.07) is 0. The molecule has 0 spiro atoms. The third-order valence-corrected chi connectivity index (χ3v) is 4.49. The molecule has 2 atom stereocenters. The molecule has 4 heteroatoms. The summed E-state index contributed by atoms with van der Waals surface area (Å²) in [5.74, 6) is 4.79. The second-order valence-corrected chi connectivity index (χ2v) is 6.36. The summed E-state index contributed by atoms with van der Waals surface area (Å²) in [7, 11) is 1.92. The second-order valence-electron chi connectivity index (χ2n) is 6.36. The highest BCUT2D eigenvalue weighted by molar-refractivity contribution is 5.57. The second kappa shape index (κ2) is 6.42. The van der Waals surface area contributed by atoms with Crippen molar-refractivity contribution in [2.45, 2.75) is 52.9 Å². The minimum atomic E-state index is 0.341. The number of aromatic nitrogens is 2. The number of nitrogens with zero attached hydrogens (tertiary/aromatic N) is 2. The van der Waals surface area contributed by atoms with Crippen molar-refractivity contribution >= 4 is 11.6 Å². The number of anilines is 2. The summed E-state index contributed by atoms with van der Waals surface area (Å²) in [5, 5.41) is 6.74. The topological polar surface area (TPSA) is 49.8 Å².